The van der Waals surface area contributed by atoms with E-state index in [0.29, 0.717) is 5.16 Å². The predicted octanol–water partition coefficient (Wildman–Crippen LogP) is 2.32. The minimum absolute atomic E-state index is 0.00906. The second kappa shape index (κ2) is 7.44. The lowest BCUT2D eigenvalue weighted by molar-refractivity contribution is -0.119. The van der Waals surface area contributed by atoms with Crippen LogP contribution < -0.4 is 10.3 Å². The molecule has 25 heavy (non-hydrogen) atoms. The van der Waals surface area contributed by atoms with Gasteiger partial charge >= 0.3 is 0 Å². The molecule has 3 rings (SSSR count). The SMILES string of the molecule is O=C(CSc1nc2ccccc2[nH]1)NNS(=O)(=O)c1ccccc1Cl. The van der Waals surface area contributed by atoms with Crippen molar-refractivity contribution in [3.63, 3.8) is 0 Å². The van der Waals surface area contributed by atoms with Gasteiger partial charge in [-0.3, -0.25) is 10.2 Å². The van der Waals surface area contributed by atoms with Gasteiger partial charge in [0.2, 0.25) is 5.91 Å². The predicted molar refractivity (Wildman–Crippen MR) is 96.7 cm³/mol. The van der Waals surface area contributed by atoms with E-state index in [-0.39, 0.29) is 15.7 Å². The Labute approximate surface area is 153 Å². The van der Waals surface area contributed by atoms with Crippen LogP contribution in [-0.2, 0) is 14.8 Å². The van der Waals surface area contributed by atoms with E-state index < -0.39 is 15.9 Å². The summed E-state index contributed by atoms with van der Waals surface area (Å²) in [4.78, 5) is 21.2. The van der Waals surface area contributed by atoms with Gasteiger partial charge in [-0.05, 0) is 24.3 Å². The minimum Gasteiger partial charge on any atom is -0.333 e. The number of hydrogen-bond acceptors (Lipinski definition) is 5. The van der Waals surface area contributed by atoms with E-state index in [2.05, 4.69) is 15.4 Å². The van der Waals surface area contributed by atoms with Crippen LogP contribution in [0.25, 0.3) is 11.0 Å². The van der Waals surface area contributed by atoms with Crippen LogP contribution >= 0.6 is 23.4 Å². The summed E-state index contributed by atoms with van der Waals surface area (Å²) in [5.41, 5.74) is 3.82. The van der Waals surface area contributed by atoms with Crippen LogP contribution in [0, 0.1) is 0 Å². The van der Waals surface area contributed by atoms with Gasteiger partial charge in [-0.2, -0.15) is 0 Å². The van der Waals surface area contributed by atoms with Gasteiger partial charge in [0.25, 0.3) is 10.0 Å². The Kier molecular flexibility index (Phi) is 5.28. The molecule has 0 spiro atoms. The molecule has 7 nitrogen and oxygen atoms in total. The molecule has 1 amide bonds. The fraction of sp³-hybridized carbons (Fsp3) is 0.0667. The van der Waals surface area contributed by atoms with Crippen LogP contribution in [0.15, 0.2) is 58.6 Å². The van der Waals surface area contributed by atoms with E-state index in [1.54, 1.807) is 12.1 Å². The topological polar surface area (TPSA) is 104 Å². The van der Waals surface area contributed by atoms with Crippen molar-refractivity contribution in [3.05, 3.63) is 53.6 Å². The van der Waals surface area contributed by atoms with Crippen molar-refractivity contribution >= 4 is 50.3 Å². The number of carbonyl (C=O) groups excluding carboxylic acids is 1. The summed E-state index contributed by atoms with van der Waals surface area (Å²) in [6, 6.07) is 13.4. The second-order valence-electron chi connectivity index (χ2n) is 4.93. The number of halogens is 1. The fourth-order valence-electron chi connectivity index (χ4n) is 2.01. The third-order valence-electron chi connectivity index (χ3n) is 3.16. The van der Waals surface area contributed by atoms with E-state index in [4.69, 9.17) is 11.6 Å². The highest BCUT2D eigenvalue weighted by Crippen LogP contribution is 2.20. The maximum Gasteiger partial charge on any atom is 0.258 e. The van der Waals surface area contributed by atoms with Crippen LogP contribution in [0.3, 0.4) is 0 Å². The summed E-state index contributed by atoms with van der Waals surface area (Å²) in [5.74, 6) is -0.522. The highest BCUT2D eigenvalue weighted by molar-refractivity contribution is 7.99. The lowest BCUT2D eigenvalue weighted by Gasteiger charge is -2.09. The first-order valence-corrected chi connectivity index (χ1v) is 9.93. The Hall–Kier alpha value is -2.07. The molecule has 0 aliphatic carbocycles. The summed E-state index contributed by atoms with van der Waals surface area (Å²) in [5, 5.41) is 0.645. The molecule has 0 bridgehead atoms. The number of nitrogens with zero attached hydrogens (tertiary/aromatic N) is 1. The Bertz CT molecular complexity index is 987. The number of para-hydroxylation sites is 2. The van der Waals surface area contributed by atoms with Gasteiger partial charge in [0.1, 0.15) is 4.90 Å². The standard InChI is InChI=1S/C15H13ClN4O3S2/c16-10-5-1-4-8-13(10)25(22,23)20-19-14(21)9-24-15-17-11-6-2-3-7-12(11)18-15/h1-8,20H,9H2,(H,17,18)(H,19,21). The highest BCUT2D eigenvalue weighted by atomic mass is 35.5. The number of imidazole rings is 1. The van der Waals surface area contributed by atoms with Crippen molar-refractivity contribution in [1.29, 1.82) is 0 Å². The zero-order valence-electron chi connectivity index (χ0n) is 12.7. The summed E-state index contributed by atoms with van der Waals surface area (Å²) in [6.07, 6.45) is 0. The number of hydrogen-bond donors (Lipinski definition) is 3. The zero-order chi connectivity index (χ0) is 17.9. The highest BCUT2D eigenvalue weighted by Gasteiger charge is 2.18. The van der Waals surface area contributed by atoms with Crippen molar-refractivity contribution in [2.75, 3.05) is 5.75 Å². The molecule has 1 aromatic heterocycles. The monoisotopic (exact) mass is 396 g/mol. The smallest absolute Gasteiger partial charge is 0.258 e. The van der Waals surface area contributed by atoms with Crippen molar-refractivity contribution in [2.24, 2.45) is 0 Å². The molecule has 0 unspecified atom stereocenters. The number of carbonyl (C=O) groups is 1. The second-order valence-corrected chi connectivity index (χ2v) is 7.95. The fourth-order valence-corrected chi connectivity index (χ4v) is 4.08. The van der Waals surface area contributed by atoms with Gasteiger partial charge in [-0.15, -0.1) is 4.83 Å². The molecule has 0 radical (unpaired) electrons. The quantitative estimate of drug-likeness (QED) is 0.438. The third-order valence-corrected chi connectivity index (χ3v) is 5.78. The van der Waals surface area contributed by atoms with Gasteiger partial charge in [0.05, 0.1) is 21.8 Å². The first-order chi connectivity index (χ1) is 12.0. The average Bonchev–Trinajstić information content (AvgIpc) is 3.01. The average molecular weight is 397 g/mol. The molecular weight excluding hydrogens is 384 g/mol. The van der Waals surface area contributed by atoms with E-state index in [1.165, 1.54) is 12.1 Å². The number of H-pyrrole nitrogens is 1. The number of rotatable bonds is 6. The number of aromatic amines is 1. The van der Waals surface area contributed by atoms with Crippen molar-refractivity contribution in [3.8, 4) is 0 Å². The molecule has 0 atom stereocenters. The number of thioether (sulfide) groups is 1. The van der Waals surface area contributed by atoms with Gasteiger partial charge in [-0.1, -0.05) is 47.6 Å². The molecule has 0 fully saturated rings. The molecule has 3 N–H and O–H groups in total. The number of amides is 1. The van der Waals surface area contributed by atoms with E-state index in [0.717, 1.165) is 22.8 Å². The van der Waals surface area contributed by atoms with Crippen molar-refractivity contribution in [2.45, 2.75) is 10.1 Å². The number of aromatic nitrogens is 2. The van der Waals surface area contributed by atoms with Crippen molar-refractivity contribution < 1.29 is 13.2 Å². The summed E-state index contributed by atoms with van der Waals surface area (Å²) in [6.45, 7) is 0. The maximum atomic E-state index is 12.1. The summed E-state index contributed by atoms with van der Waals surface area (Å²) >= 11 is 7.02. The molecule has 10 heteroatoms. The molecule has 2 aromatic carbocycles. The number of hydrazine groups is 1. The van der Waals surface area contributed by atoms with Crippen LogP contribution in [-0.4, -0.2) is 30.0 Å². The van der Waals surface area contributed by atoms with Gasteiger partial charge in [-0.25, -0.2) is 13.4 Å². The summed E-state index contributed by atoms with van der Waals surface area (Å²) in [7, 11) is -3.94. The van der Waals surface area contributed by atoms with E-state index in [9.17, 15) is 13.2 Å². The number of fused-ring (bicyclic) bond motifs is 1. The normalized spacial score (nSPS) is 11.6. The number of nitrogens with one attached hydrogen (secondary N) is 3. The maximum absolute atomic E-state index is 12.1. The van der Waals surface area contributed by atoms with Crippen molar-refractivity contribution in [1.82, 2.24) is 20.2 Å². The molecule has 1 heterocycles. The summed E-state index contributed by atoms with van der Waals surface area (Å²) < 4.78 is 24.2. The van der Waals surface area contributed by atoms with Crippen LogP contribution in [0.1, 0.15) is 0 Å². The lowest BCUT2D eigenvalue weighted by atomic mass is 10.3. The Morgan fingerprint density at radius 3 is 2.64 bits per heavy atom. The van der Waals surface area contributed by atoms with Gasteiger partial charge in [0.15, 0.2) is 5.16 Å². The minimum atomic E-state index is -3.94. The molecule has 0 saturated carbocycles. The van der Waals surface area contributed by atoms with Gasteiger partial charge in [0, 0.05) is 0 Å². The molecule has 0 saturated heterocycles. The molecule has 0 aliphatic rings. The Morgan fingerprint density at radius 1 is 1.16 bits per heavy atom. The molecule has 3 aromatic rings. The van der Waals surface area contributed by atoms with E-state index in [1.807, 2.05) is 29.1 Å². The first-order valence-electron chi connectivity index (χ1n) is 7.08. The molecule has 0 aliphatic heterocycles. The Morgan fingerprint density at radius 2 is 1.88 bits per heavy atom. The van der Waals surface area contributed by atoms with Crippen LogP contribution in [0.4, 0.5) is 0 Å². The van der Waals surface area contributed by atoms with E-state index >= 15 is 0 Å². The molecule has 130 valence electrons. The lowest BCUT2D eigenvalue weighted by Crippen LogP contribution is -2.42. The van der Waals surface area contributed by atoms with Gasteiger partial charge < -0.3 is 4.98 Å². The first kappa shape index (κ1) is 17.7. The Balaban J connectivity index is 1.57. The third kappa shape index (κ3) is 4.31. The van der Waals surface area contributed by atoms with Crippen LogP contribution in [0.2, 0.25) is 5.02 Å². The molecular formula is C15H13ClN4O3S2. The largest absolute Gasteiger partial charge is 0.333 e. The van der Waals surface area contributed by atoms with Crippen LogP contribution in [0.5, 0.6) is 0 Å². The number of benzene rings is 2. The number of sulfonamides is 1. The zero-order valence-corrected chi connectivity index (χ0v) is 15.1.